The van der Waals surface area contributed by atoms with Crippen molar-refractivity contribution in [2.45, 2.75) is 13.8 Å². The summed E-state index contributed by atoms with van der Waals surface area (Å²) < 4.78 is 0. The Hall–Kier alpha value is -2.62. The molecular weight excluding hydrogens is 250 g/mol. The Balaban J connectivity index is 2.16. The number of imidazole rings is 1. The van der Waals surface area contributed by atoms with Crippen molar-refractivity contribution >= 4 is 22.6 Å². The number of H-pyrrole nitrogens is 1. The molecule has 0 spiro atoms. The fourth-order valence-corrected chi connectivity index (χ4v) is 2.38. The molecule has 2 aromatic carbocycles. The number of nitrogens with zero attached hydrogens (tertiary/aromatic N) is 1. The molecule has 1 aromatic heterocycles. The Morgan fingerprint density at radius 3 is 2.70 bits per heavy atom. The molecule has 3 rings (SSSR count). The lowest BCUT2D eigenvalue weighted by Crippen LogP contribution is -2.06. The highest BCUT2D eigenvalue weighted by Gasteiger charge is 2.12. The SMILES string of the molecule is CC(=O)Nc1nc(-c2cccc3ccccc23)c(C)[nH]1. The summed E-state index contributed by atoms with van der Waals surface area (Å²) in [5.74, 6) is 0.348. The molecule has 0 fully saturated rings. The van der Waals surface area contributed by atoms with Crippen molar-refractivity contribution < 1.29 is 4.79 Å². The van der Waals surface area contributed by atoms with E-state index in [1.54, 1.807) is 0 Å². The zero-order valence-electron chi connectivity index (χ0n) is 11.4. The number of carbonyl (C=O) groups is 1. The van der Waals surface area contributed by atoms with Gasteiger partial charge < -0.3 is 4.98 Å². The van der Waals surface area contributed by atoms with E-state index in [4.69, 9.17) is 0 Å². The number of aromatic nitrogens is 2. The summed E-state index contributed by atoms with van der Waals surface area (Å²) in [6.07, 6.45) is 0. The van der Waals surface area contributed by atoms with Gasteiger partial charge in [0.15, 0.2) is 0 Å². The summed E-state index contributed by atoms with van der Waals surface area (Å²) in [7, 11) is 0. The number of anilines is 1. The summed E-state index contributed by atoms with van der Waals surface area (Å²) >= 11 is 0. The molecule has 1 amide bonds. The summed E-state index contributed by atoms with van der Waals surface area (Å²) in [5, 5.41) is 5.00. The van der Waals surface area contributed by atoms with E-state index < -0.39 is 0 Å². The Bertz CT molecular complexity index is 784. The van der Waals surface area contributed by atoms with E-state index in [0.29, 0.717) is 5.95 Å². The van der Waals surface area contributed by atoms with Gasteiger partial charge in [0.05, 0.1) is 5.69 Å². The van der Waals surface area contributed by atoms with Crippen LogP contribution >= 0.6 is 0 Å². The second-order valence-electron chi connectivity index (χ2n) is 4.77. The molecular formula is C16H15N3O. The maximum absolute atomic E-state index is 11.1. The molecule has 20 heavy (non-hydrogen) atoms. The standard InChI is InChI=1S/C16H15N3O/c1-10-15(19-16(17-10)18-11(2)20)14-9-5-7-12-6-3-4-8-13(12)14/h3-9H,1-2H3,(H2,17,18,19,20). The van der Waals surface area contributed by atoms with E-state index in [0.717, 1.165) is 22.3 Å². The largest absolute Gasteiger partial charge is 0.328 e. The molecule has 1 heterocycles. The average Bonchev–Trinajstić information content (AvgIpc) is 2.78. The second kappa shape index (κ2) is 4.81. The first-order chi connectivity index (χ1) is 9.65. The maximum atomic E-state index is 11.1. The molecule has 0 unspecified atom stereocenters. The minimum Gasteiger partial charge on any atom is -0.328 e. The number of hydrogen-bond donors (Lipinski definition) is 2. The van der Waals surface area contributed by atoms with Crippen LogP contribution < -0.4 is 5.32 Å². The molecule has 0 radical (unpaired) electrons. The molecule has 2 N–H and O–H groups in total. The molecule has 0 aliphatic heterocycles. The minimum absolute atomic E-state index is 0.136. The smallest absolute Gasteiger partial charge is 0.223 e. The van der Waals surface area contributed by atoms with Crippen LogP contribution in [0.25, 0.3) is 22.0 Å². The van der Waals surface area contributed by atoms with Gasteiger partial charge in [0.2, 0.25) is 11.9 Å². The normalized spacial score (nSPS) is 10.7. The maximum Gasteiger partial charge on any atom is 0.223 e. The highest BCUT2D eigenvalue weighted by Crippen LogP contribution is 2.30. The van der Waals surface area contributed by atoms with Crippen LogP contribution in [-0.2, 0) is 4.79 Å². The number of aromatic amines is 1. The zero-order chi connectivity index (χ0) is 14.1. The molecule has 4 heteroatoms. The first-order valence-electron chi connectivity index (χ1n) is 6.47. The second-order valence-corrected chi connectivity index (χ2v) is 4.77. The summed E-state index contributed by atoms with van der Waals surface area (Å²) in [6, 6.07) is 14.3. The molecule has 0 saturated carbocycles. The molecule has 0 aliphatic rings. The number of benzene rings is 2. The lowest BCUT2D eigenvalue weighted by atomic mass is 10.0. The lowest BCUT2D eigenvalue weighted by molar-refractivity contribution is -0.114. The third kappa shape index (κ3) is 2.16. The molecule has 0 aliphatic carbocycles. The van der Waals surface area contributed by atoms with Crippen molar-refractivity contribution in [1.82, 2.24) is 9.97 Å². The van der Waals surface area contributed by atoms with E-state index in [2.05, 4.69) is 33.5 Å². The van der Waals surface area contributed by atoms with Gasteiger partial charge in [-0.15, -0.1) is 0 Å². The van der Waals surface area contributed by atoms with E-state index in [1.807, 2.05) is 31.2 Å². The van der Waals surface area contributed by atoms with Crippen LogP contribution in [-0.4, -0.2) is 15.9 Å². The molecule has 3 aromatic rings. The predicted octanol–water partition coefficient (Wildman–Crippen LogP) is 3.50. The van der Waals surface area contributed by atoms with Crippen molar-refractivity contribution in [2.24, 2.45) is 0 Å². The van der Waals surface area contributed by atoms with Gasteiger partial charge in [0.1, 0.15) is 0 Å². The van der Waals surface area contributed by atoms with Crippen LogP contribution in [0.2, 0.25) is 0 Å². The summed E-state index contributed by atoms with van der Waals surface area (Å²) in [6.45, 7) is 3.42. The number of amides is 1. The van der Waals surface area contributed by atoms with Gasteiger partial charge in [0.25, 0.3) is 0 Å². The van der Waals surface area contributed by atoms with E-state index in [9.17, 15) is 4.79 Å². The molecule has 0 bridgehead atoms. The van der Waals surface area contributed by atoms with Crippen LogP contribution in [0.15, 0.2) is 42.5 Å². The van der Waals surface area contributed by atoms with Crippen LogP contribution in [0.5, 0.6) is 0 Å². The van der Waals surface area contributed by atoms with Gasteiger partial charge in [-0.05, 0) is 17.7 Å². The highest BCUT2D eigenvalue weighted by atomic mass is 16.1. The van der Waals surface area contributed by atoms with Crippen LogP contribution in [0.3, 0.4) is 0 Å². The van der Waals surface area contributed by atoms with Gasteiger partial charge in [-0.1, -0.05) is 42.5 Å². The van der Waals surface area contributed by atoms with Crippen molar-refractivity contribution in [1.29, 1.82) is 0 Å². The zero-order valence-corrected chi connectivity index (χ0v) is 11.4. The summed E-state index contributed by atoms with van der Waals surface area (Å²) in [4.78, 5) is 18.7. The fourth-order valence-electron chi connectivity index (χ4n) is 2.38. The number of aryl methyl sites for hydroxylation is 1. The van der Waals surface area contributed by atoms with E-state index in [1.165, 1.54) is 12.3 Å². The number of rotatable bonds is 2. The number of fused-ring (bicyclic) bond motifs is 1. The van der Waals surface area contributed by atoms with Gasteiger partial charge in [0, 0.05) is 18.2 Å². The Kier molecular flexibility index (Phi) is 2.99. The Morgan fingerprint density at radius 2 is 1.90 bits per heavy atom. The average molecular weight is 265 g/mol. The fraction of sp³-hybridized carbons (Fsp3) is 0.125. The Morgan fingerprint density at radius 1 is 1.15 bits per heavy atom. The van der Waals surface area contributed by atoms with Gasteiger partial charge in [-0.25, -0.2) is 4.98 Å². The predicted molar refractivity (Wildman–Crippen MR) is 80.6 cm³/mol. The van der Waals surface area contributed by atoms with Crippen molar-refractivity contribution in [3.8, 4) is 11.3 Å². The minimum atomic E-state index is -0.136. The molecule has 4 nitrogen and oxygen atoms in total. The Labute approximate surface area is 116 Å². The molecule has 100 valence electrons. The third-order valence-electron chi connectivity index (χ3n) is 3.22. The van der Waals surface area contributed by atoms with Crippen molar-refractivity contribution in [3.63, 3.8) is 0 Å². The van der Waals surface area contributed by atoms with E-state index in [-0.39, 0.29) is 5.91 Å². The van der Waals surface area contributed by atoms with Crippen LogP contribution in [0.4, 0.5) is 5.95 Å². The van der Waals surface area contributed by atoms with Crippen LogP contribution in [0, 0.1) is 6.92 Å². The third-order valence-corrected chi connectivity index (χ3v) is 3.22. The number of carbonyl (C=O) groups excluding carboxylic acids is 1. The molecule has 0 saturated heterocycles. The van der Waals surface area contributed by atoms with E-state index >= 15 is 0 Å². The van der Waals surface area contributed by atoms with Gasteiger partial charge >= 0.3 is 0 Å². The lowest BCUT2D eigenvalue weighted by Gasteiger charge is -2.04. The molecule has 0 atom stereocenters. The summed E-state index contributed by atoms with van der Waals surface area (Å²) in [5.41, 5.74) is 2.86. The van der Waals surface area contributed by atoms with Gasteiger partial charge in [-0.2, -0.15) is 0 Å². The number of hydrogen-bond acceptors (Lipinski definition) is 2. The van der Waals surface area contributed by atoms with Gasteiger partial charge in [-0.3, -0.25) is 10.1 Å². The van der Waals surface area contributed by atoms with Crippen LogP contribution in [0.1, 0.15) is 12.6 Å². The quantitative estimate of drug-likeness (QED) is 0.745. The highest BCUT2D eigenvalue weighted by molar-refractivity contribution is 5.96. The van der Waals surface area contributed by atoms with Crippen molar-refractivity contribution in [2.75, 3.05) is 5.32 Å². The monoisotopic (exact) mass is 265 g/mol. The van der Waals surface area contributed by atoms with Crippen molar-refractivity contribution in [3.05, 3.63) is 48.2 Å². The first-order valence-corrected chi connectivity index (χ1v) is 6.47. The topological polar surface area (TPSA) is 57.8 Å². The first kappa shape index (κ1) is 12.4. The number of nitrogens with one attached hydrogen (secondary N) is 2.